The molecule has 1 fully saturated rings. The molecule has 138 valence electrons. The summed E-state index contributed by atoms with van der Waals surface area (Å²) in [6.45, 7) is 8.28. The third-order valence-electron chi connectivity index (χ3n) is 4.59. The molecular formula is C19H25N5O2. The lowest BCUT2D eigenvalue weighted by Crippen LogP contribution is -2.49. The zero-order valence-electron chi connectivity index (χ0n) is 15.5. The summed E-state index contributed by atoms with van der Waals surface area (Å²) in [6, 6.07) is 9.36. The van der Waals surface area contributed by atoms with Crippen molar-refractivity contribution in [2.24, 2.45) is 0 Å². The molecule has 1 N–H and O–H groups in total. The van der Waals surface area contributed by atoms with E-state index in [0.29, 0.717) is 23.3 Å². The number of rotatable bonds is 5. The number of nitrogens with one attached hydrogen (secondary N) is 1. The van der Waals surface area contributed by atoms with Crippen LogP contribution >= 0.6 is 0 Å². The molecule has 0 atom stereocenters. The van der Waals surface area contributed by atoms with E-state index in [1.807, 2.05) is 6.07 Å². The number of methoxy groups -OCH3 is 1. The Bertz CT molecular complexity index is 740. The first-order valence-corrected chi connectivity index (χ1v) is 8.84. The summed E-state index contributed by atoms with van der Waals surface area (Å²) in [7, 11) is 1.59. The van der Waals surface area contributed by atoms with Gasteiger partial charge in [0.05, 0.1) is 7.11 Å². The molecule has 1 aliphatic rings. The van der Waals surface area contributed by atoms with Crippen LogP contribution in [0.2, 0.25) is 0 Å². The number of anilines is 2. The Morgan fingerprint density at radius 3 is 2.42 bits per heavy atom. The maximum absolute atomic E-state index is 12.4. The number of hydrogen-bond donors (Lipinski definition) is 1. The molecule has 0 bridgehead atoms. The molecule has 1 aliphatic heterocycles. The van der Waals surface area contributed by atoms with Crippen molar-refractivity contribution in [2.45, 2.75) is 19.9 Å². The minimum atomic E-state index is -0.241. The summed E-state index contributed by atoms with van der Waals surface area (Å²) in [4.78, 5) is 25.7. The van der Waals surface area contributed by atoms with E-state index in [1.54, 1.807) is 37.6 Å². The lowest BCUT2D eigenvalue weighted by Gasteiger charge is -2.37. The molecule has 0 aliphatic carbocycles. The summed E-state index contributed by atoms with van der Waals surface area (Å²) in [5, 5.41) is 2.76. The van der Waals surface area contributed by atoms with Crippen LogP contribution in [0, 0.1) is 0 Å². The second kappa shape index (κ2) is 8.14. The minimum Gasteiger partial charge on any atom is -0.497 e. The molecule has 1 aromatic carbocycles. The number of carbonyl (C=O) groups is 1. The summed E-state index contributed by atoms with van der Waals surface area (Å²) in [6.07, 6.45) is 1.68. The van der Waals surface area contributed by atoms with Gasteiger partial charge in [-0.25, -0.2) is 4.98 Å². The Balaban J connectivity index is 1.64. The minimum absolute atomic E-state index is 0.241. The van der Waals surface area contributed by atoms with Crippen LogP contribution in [0.3, 0.4) is 0 Å². The predicted octanol–water partition coefficient (Wildman–Crippen LogP) is 2.27. The zero-order valence-corrected chi connectivity index (χ0v) is 15.5. The largest absolute Gasteiger partial charge is 0.497 e. The Kier molecular flexibility index (Phi) is 5.68. The van der Waals surface area contributed by atoms with Gasteiger partial charge in [-0.15, -0.1) is 0 Å². The highest BCUT2D eigenvalue weighted by Crippen LogP contribution is 2.17. The van der Waals surface area contributed by atoms with Gasteiger partial charge in [-0.05, 0) is 44.2 Å². The van der Waals surface area contributed by atoms with Gasteiger partial charge in [-0.1, -0.05) is 0 Å². The molecule has 3 rings (SSSR count). The van der Waals surface area contributed by atoms with Crippen LogP contribution in [0.5, 0.6) is 5.75 Å². The number of ether oxygens (including phenoxy) is 1. The number of nitrogens with zero attached hydrogens (tertiary/aromatic N) is 4. The maximum Gasteiger partial charge on any atom is 0.258 e. The fraction of sp³-hybridized carbons (Fsp3) is 0.421. The first kappa shape index (κ1) is 18.1. The van der Waals surface area contributed by atoms with Gasteiger partial charge in [0.25, 0.3) is 5.91 Å². The Morgan fingerprint density at radius 2 is 1.81 bits per heavy atom. The molecule has 0 unspecified atom stereocenters. The summed E-state index contributed by atoms with van der Waals surface area (Å²) >= 11 is 0. The highest BCUT2D eigenvalue weighted by atomic mass is 16.5. The van der Waals surface area contributed by atoms with Crippen molar-refractivity contribution in [3.05, 3.63) is 42.1 Å². The van der Waals surface area contributed by atoms with E-state index in [0.717, 1.165) is 32.0 Å². The van der Waals surface area contributed by atoms with E-state index in [4.69, 9.17) is 4.74 Å². The van der Waals surface area contributed by atoms with E-state index >= 15 is 0 Å². The van der Waals surface area contributed by atoms with Gasteiger partial charge in [0.15, 0.2) is 0 Å². The van der Waals surface area contributed by atoms with Gasteiger partial charge in [0, 0.05) is 44.0 Å². The van der Waals surface area contributed by atoms with E-state index in [-0.39, 0.29) is 5.91 Å². The van der Waals surface area contributed by atoms with Crippen LogP contribution in [0.4, 0.5) is 11.8 Å². The SMILES string of the molecule is COc1ccc(C(=O)Nc2nccc(N3CCN(C(C)C)CC3)n2)cc1. The van der Waals surface area contributed by atoms with Crippen LogP contribution in [0.25, 0.3) is 0 Å². The summed E-state index contributed by atoms with van der Waals surface area (Å²) in [5.74, 6) is 1.62. The molecule has 1 aromatic heterocycles. The fourth-order valence-electron chi connectivity index (χ4n) is 2.97. The van der Waals surface area contributed by atoms with Crippen molar-refractivity contribution in [3.8, 4) is 5.75 Å². The molecule has 2 aromatic rings. The van der Waals surface area contributed by atoms with Crippen molar-refractivity contribution >= 4 is 17.7 Å². The summed E-state index contributed by atoms with van der Waals surface area (Å²) in [5.41, 5.74) is 0.533. The second-order valence-electron chi connectivity index (χ2n) is 6.54. The quantitative estimate of drug-likeness (QED) is 0.887. The number of amides is 1. The molecule has 0 radical (unpaired) electrons. The number of aromatic nitrogens is 2. The Morgan fingerprint density at radius 1 is 1.12 bits per heavy atom. The van der Waals surface area contributed by atoms with E-state index in [9.17, 15) is 4.79 Å². The number of carbonyl (C=O) groups excluding carboxylic acids is 1. The highest BCUT2D eigenvalue weighted by molar-refractivity contribution is 6.03. The first-order chi connectivity index (χ1) is 12.6. The van der Waals surface area contributed by atoms with Gasteiger partial charge in [-0.3, -0.25) is 15.0 Å². The van der Waals surface area contributed by atoms with Crippen molar-refractivity contribution in [2.75, 3.05) is 43.5 Å². The standard InChI is InChI=1S/C19H25N5O2/c1-14(2)23-10-12-24(13-11-23)17-8-9-20-19(21-17)22-18(25)15-4-6-16(26-3)7-5-15/h4-9,14H,10-13H2,1-3H3,(H,20,21,22,25). The van der Waals surface area contributed by atoms with Gasteiger partial charge in [0.2, 0.25) is 5.95 Å². The molecule has 1 saturated heterocycles. The van der Waals surface area contributed by atoms with Crippen molar-refractivity contribution < 1.29 is 9.53 Å². The van der Waals surface area contributed by atoms with Crippen molar-refractivity contribution in [3.63, 3.8) is 0 Å². The Labute approximate surface area is 154 Å². The van der Waals surface area contributed by atoms with Crippen molar-refractivity contribution in [1.29, 1.82) is 0 Å². The molecule has 0 spiro atoms. The van der Waals surface area contributed by atoms with Crippen LogP contribution in [-0.2, 0) is 0 Å². The third-order valence-corrected chi connectivity index (χ3v) is 4.59. The lowest BCUT2D eigenvalue weighted by molar-refractivity contribution is 0.102. The predicted molar refractivity (Wildman–Crippen MR) is 102 cm³/mol. The topological polar surface area (TPSA) is 70.6 Å². The monoisotopic (exact) mass is 355 g/mol. The first-order valence-electron chi connectivity index (χ1n) is 8.84. The normalized spacial score (nSPS) is 15.2. The highest BCUT2D eigenvalue weighted by Gasteiger charge is 2.20. The van der Waals surface area contributed by atoms with E-state index < -0.39 is 0 Å². The molecule has 0 saturated carbocycles. The van der Waals surface area contributed by atoms with Gasteiger partial charge >= 0.3 is 0 Å². The smallest absolute Gasteiger partial charge is 0.258 e. The zero-order chi connectivity index (χ0) is 18.5. The summed E-state index contributed by atoms with van der Waals surface area (Å²) < 4.78 is 5.11. The van der Waals surface area contributed by atoms with Gasteiger partial charge < -0.3 is 9.64 Å². The maximum atomic E-state index is 12.4. The van der Waals surface area contributed by atoms with E-state index in [1.165, 1.54) is 0 Å². The second-order valence-corrected chi connectivity index (χ2v) is 6.54. The third kappa shape index (κ3) is 4.29. The molecule has 2 heterocycles. The lowest BCUT2D eigenvalue weighted by atomic mass is 10.2. The van der Waals surface area contributed by atoms with Crippen LogP contribution in [0.15, 0.2) is 36.5 Å². The molecule has 1 amide bonds. The molecule has 26 heavy (non-hydrogen) atoms. The molecule has 7 nitrogen and oxygen atoms in total. The number of piperazine rings is 1. The fourth-order valence-corrected chi connectivity index (χ4v) is 2.97. The molecule has 7 heteroatoms. The molecular weight excluding hydrogens is 330 g/mol. The number of hydrogen-bond acceptors (Lipinski definition) is 6. The van der Waals surface area contributed by atoms with Gasteiger partial charge in [0.1, 0.15) is 11.6 Å². The van der Waals surface area contributed by atoms with Crippen LogP contribution < -0.4 is 15.0 Å². The average Bonchev–Trinajstić information content (AvgIpc) is 2.68. The van der Waals surface area contributed by atoms with Crippen LogP contribution in [-0.4, -0.2) is 60.1 Å². The van der Waals surface area contributed by atoms with Gasteiger partial charge in [-0.2, -0.15) is 4.98 Å². The van der Waals surface area contributed by atoms with Crippen molar-refractivity contribution in [1.82, 2.24) is 14.9 Å². The number of benzene rings is 1. The average molecular weight is 355 g/mol. The Hall–Kier alpha value is -2.67. The van der Waals surface area contributed by atoms with Crippen LogP contribution in [0.1, 0.15) is 24.2 Å². The van der Waals surface area contributed by atoms with E-state index in [2.05, 4.69) is 38.9 Å².